The average molecular weight is 1140 g/mol. The van der Waals surface area contributed by atoms with Crippen LogP contribution < -0.4 is 32.7 Å². The van der Waals surface area contributed by atoms with Crippen LogP contribution in [0.15, 0.2) is 60.7 Å². The van der Waals surface area contributed by atoms with Crippen molar-refractivity contribution in [3.63, 3.8) is 0 Å². The summed E-state index contributed by atoms with van der Waals surface area (Å²) < 4.78 is 128. The van der Waals surface area contributed by atoms with Crippen LogP contribution in [0, 0.1) is 17.8 Å². The predicted molar refractivity (Wildman–Crippen MR) is 282 cm³/mol. The van der Waals surface area contributed by atoms with Crippen molar-refractivity contribution >= 4 is 64.2 Å². The lowest BCUT2D eigenvalue weighted by Gasteiger charge is -2.22. The molecule has 0 spiro atoms. The molecule has 24 nitrogen and oxygen atoms in total. The number of hydrogen-bond acceptors (Lipinski definition) is 18. The summed E-state index contributed by atoms with van der Waals surface area (Å²) in [6, 6.07) is 16.8. The summed E-state index contributed by atoms with van der Waals surface area (Å²) in [6.07, 6.45) is 2.81. The molecule has 0 aliphatic rings. The molecule has 2 aromatic carbocycles. The van der Waals surface area contributed by atoms with Gasteiger partial charge < -0.3 is 42.2 Å². The minimum absolute atomic E-state index is 0.0493. The third-order valence-electron chi connectivity index (χ3n) is 10.3. The van der Waals surface area contributed by atoms with Crippen molar-refractivity contribution in [1.29, 1.82) is 0 Å². The Morgan fingerprint density at radius 1 is 0.541 bits per heavy atom. The van der Waals surface area contributed by atoms with Gasteiger partial charge >= 0.3 is 11.9 Å². The van der Waals surface area contributed by atoms with E-state index in [9.17, 15) is 52.8 Å². The van der Waals surface area contributed by atoms with E-state index in [1.54, 1.807) is 0 Å². The monoisotopic (exact) mass is 1130 g/mol. The van der Waals surface area contributed by atoms with Crippen LogP contribution in [-0.2, 0) is 82.2 Å². The molecule has 5 atom stereocenters. The number of rotatable bonds is 33. The number of ether oxygens (including phenoxy) is 2. The number of nitrogens with one attached hydrogen (secondary N) is 4. The molecule has 2 rings (SSSR count). The van der Waals surface area contributed by atoms with Gasteiger partial charge in [-0.1, -0.05) is 109 Å². The van der Waals surface area contributed by atoms with Gasteiger partial charge in [-0.25, -0.2) is 0 Å². The van der Waals surface area contributed by atoms with Gasteiger partial charge in [-0.3, -0.25) is 37.4 Å². The zero-order valence-corrected chi connectivity index (χ0v) is 46.7. The van der Waals surface area contributed by atoms with Crippen LogP contribution >= 0.6 is 0 Å². The van der Waals surface area contributed by atoms with Crippen molar-refractivity contribution in [2.45, 2.75) is 117 Å². The molecule has 2 amide bonds. The molecular weight excluding hydrogens is 1050 g/mol. The zero-order valence-electron chi connectivity index (χ0n) is 43.4. The number of hydrogen-bond donors (Lipinski definition) is 10. The molecule has 0 aliphatic carbocycles. The number of primary amides is 2. The molecule has 0 aliphatic heterocycles. The number of methoxy groups -OCH3 is 1. The summed E-state index contributed by atoms with van der Waals surface area (Å²) in [5.74, 6) is -2.51. The molecule has 428 valence electrons. The summed E-state index contributed by atoms with van der Waals surface area (Å²) in [5, 5.41) is 11.7. The fourth-order valence-electron chi connectivity index (χ4n) is 6.32. The highest BCUT2D eigenvalue weighted by Crippen LogP contribution is 2.12. The van der Waals surface area contributed by atoms with Crippen LogP contribution in [-0.4, -0.2) is 156 Å². The van der Waals surface area contributed by atoms with Gasteiger partial charge in [0.05, 0.1) is 42.2 Å². The Morgan fingerprint density at radius 2 is 0.919 bits per heavy atom. The van der Waals surface area contributed by atoms with Crippen molar-refractivity contribution in [1.82, 2.24) is 21.3 Å². The maximum Gasteiger partial charge on any atom is 0.323 e. The molecular formula is C46H82N6O18S4. The average Bonchev–Trinajstić information content (AvgIpc) is 3.29. The number of amides is 2. The van der Waals surface area contributed by atoms with Gasteiger partial charge in [0.25, 0.3) is 40.5 Å². The second-order valence-corrected chi connectivity index (χ2v) is 24.1. The molecule has 0 saturated heterocycles. The smallest absolute Gasteiger partial charge is 0.323 e. The van der Waals surface area contributed by atoms with E-state index < -0.39 is 76.5 Å². The number of carbonyl (C=O) groups excluding carboxylic acids is 4. The molecule has 12 N–H and O–H groups in total. The van der Waals surface area contributed by atoms with Crippen LogP contribution in [0.3, 0.4) is 0 Å². The van der Waals surface area contributed by atoms with Gasteiger partial charge in [-0.05, 0) is 93.6 Å². The maximum absolute atomic E-state index is 12.3. The number of nitrogens with two attached hydrogens (primary N) is 2. The lowest BCUT2D eigenvalue weighted by atomic mass is 9.99. The van der Waals surface area contributed by atoms with Crippen molar-refractivity contribution in [2.75, 3.05) is 56.3 Å². The molecule has 2 aromatic rings. The van der Waals surface area contributed by atoms with Crippen LogP contribution in [0.25, 0.3) is 0 Å². The largest absolute Gasteiger partial charge is 0.468 e. The third-order valence-corrected chi connectivity index (χ3v) is 13.5. The van der Waals surface area contributed by atoms with E-state index >= 15 is 0 Å². The number of carbonyl (C=O) groups is 4. The van der Waals surface area contributed by atoms with Gasteiger partial charge in [0.2, 0.25) is 11.8 Å². The van der Waals surface area contributed by atoms with Crippen molar-refractivity contribution in [3.05, 3.63) is 71.8 Å². The van der Waals surface area contributed by atoms with Gasteiger partial charge in [0, 0.05) is 0 Å². The van der Waals surface area contributed by atoms with Gasteiger partial charge in [0.15, 0.2) is 0 Å². The normalized spacial score (nSPS) is 13.8. The Morgan fingerprint density at radius 3 is 1.26 bits per heavy atom. The first kappa shape index (κ1) is 71.9. The molecule has 0 bridgehead atoms. The molecule has 1 unspecified atom stereocenters. The fraction of sp³-hybridized carbons (Fsp3) is 0.652. The topological polar surface area (TPSA) is 404 Å². The summed E-state index contributed by atoms with van der Waals surface area (Å²) in [4.78, 5) is 45.9. The summed E-state index contributed by atoms with van der Waals surface area (Å²) in [7, 11) is -14.5. The van der Waals surface area contributed by atoms with Crippen LogP contribution in [0.2, 0.25) is 0 Å². The molecule has 74 heavy (non-hydrogen) atoms. The SMILES string of the molecule is CC(C)[C@@H](NCCCS(=O)(=O)O)C(N)=O.CCC(C)[C@H](NCCCS(=O)(=O)O)C(=O)OCc1ccccc1.COC(=O)[C@H](CC(C)C)NCCCS(=O)(=O)O.NC(=O)[C@@H](Cc1ccccc1)NCCCS(=O)(=O)O. The molecule has 28 heteroatoms. The van der Waals surface area contributed by atoms with E-state index in [2.05, 4.69) is 26.0 Å². The summed E-state index contributed by atoms with van der Waals surface area (Å²) >= 11 is 0. The molecule has 0 fully saturated rings. The molecule has 0 saturated carbocycles. The number of esters is 2. The van der Waals surface area contributed by atoms with E-state index in [-0.39, 0.29) is 79.1 Å². The van der Waals surface area contributed by atoms with Gasteiger partial charge in [0.1, 0.15) is 18.7 Å². The Kier molecular flexibility index (Phi) is 37.3. The first-order valence-corrected chi connectivity index (χ1v) is 30.3. The van der Waals surface area contributed by atoms with Crippen molar-refractivity contribution in [3.8, 4) is 0 Å². The van der Waals surface area contributed by atoms with Crippen molar-refractivity contribution < 1.29 is 80.5 Å². The van der Waals surface area contributed by atoms with Crippen LogP contribution in [0.4, 0.5) is 0 Å². The highest BCUT2D eigenvalue weighted by Gasteiger charge is 2.25. The number of benzene rings is 2. The van der Waals surface area contributed by atoms with E-state index in [1.807, 2.05) is 102 Å². The van der Waals surface area contributed by atoms with E-state index in [4.69, 9.17) is 34.4 Å². The van der Waals surface area contributed by atoms with Gasteiger partial charge in [-0.15, -0.1) is 0 Å². The minimum atomic E-state index is -3.97. The minimum Gasteiger partial charge on any atom is -0.468 e. The van der Waals surface area contributed by atoms with Crippen molar-refractivity contribution in [2.24, 2.45) is 29.2 Å². The second-order valence-electron chi connectivity index (χ2n) is 17.8. The fourth-order valence-corrected chi connectivity index (χ4v) is 8.36. The Hall–Kier alpha value is -4.20. The van der Waals surface area contributed by atoms with Crippen LogP contribution in [0.5, 0.6) is 0 Å². The molecule has 0 aromatic heterocycles. The van der Waals surface area contributed by atoms with E-state index in [0.717, 1.165) is 17.5 Å². The molecule has 0 heterocycles. The highest BCUT2D eigenvalue weighted by molar-refractivity contribution is 7.86. The molecule has 0 radical (unpaired) electrons. The summed E-state index contributed by atoms with van der Waals surface area (Å²) in [6.45, 7) is 13.0. The lowest BCUT2D eigenvalue weighted by Crippen LogP contribution is -2.45. The lowest BCUT2D eigenvalue weighted by molar-refractivity contribution is -0.149. The van der Waals surface area contributed by atoms with E-state index in [0.29, 0.717) is 44.9 Å². The maximum atomic E-state index is 12.3. The quantitative estimate of drug-likeness (QED) is 0.0276. The third kappa shape index (κ3) is 42.1. The Bertz CT molecular complexity index is 2350. The summed E-state index contributed by atoms with van der Waals surface area (Å²) in [5.41, 5.74) is 12.3. The van der Waals surface area contributed by atoms with Gasteiger partial charge in [-0.2, -0.15) is 33.7 Å². The Balaban J connectivity index is 0. The zero-order chi connectivity index (χ0) is 57.1. The van der Waals surface area contributed by atoms with Crippen LogP contribution in [0.1, 0.15) is 91.2 Å². The standard InChI is InChI=1S/C16H25NO5S.C12H18N2O4S.C10H21NO5S.C8H18N2O4S/c1-3-13(2)15(17-10-7-11-23(19,20)21)16(18)22-12-14-8-5-4-6-9-14;13-12(15)11(9-10-5-2-1-3-6-10)14-7-4-8-19(16,17)18;1-8(2)7-9(10(12)16-3)11-5-4-6-17(13,14)15;1-6(2)7(8(9)11)10-4-3-5-15(12,13)14/h4-6,8-9,13,15,17H,3,7,10-12H2,1-2H3,(H,19,20,21);1-3,5-6,11,14H,4,7-9H2,(H2,13,15)(H,16,17,18);8-9,11H,4-7H2,1-3H3,(H,13,14,15);6-7,10H,3-5H2,1-2H3,(H2,9,11)(H,12,13,14)/t13?,15-;11-;9-;7-/m0101/s1. The predicted octanol–water partition coefficient (Wildman–Crippen LogP) is 1.77. The first-order valence-electron chi connectivity index (χ1n) is 23.9. The van der Waals surface area contributed by atoms with E-state index in [1.165, 1.54) is 7.11 Å². The second kappa shape index (κ2) is 38.4. The first-order chi connectivity index (χ1) is 34.2. The highest BCUT2D eigenvalue weighted by atomic mass is 32.2. The Labute approximate surface area is 438 Å².